The third kappa shape index (κ3) is 3.63. The Morgan fingerprint density at radius 1 is 1.13 bits per heavy atom. The van der Waals surface area contributed by atoms with Gasteiger partial charge in [0.1, 0.15) is 0 Å². The standard InChI is InChI=1S/C18H17N3O2/c1-12-4-3-5-14(10-12)11-19-17(22)15-6-8-16(9-7-15)18-20-13(2)21-23-18/h3-10H,11H2,1-2H3,(H,19,22). The van der Waals surface area contributed by atoms with Crippen LogP contribution in [0.4, 0.5) is 0 Å². The summed E-state index contributed by atoms with van der Waals surface area (Å²) in [5, 5.41) is 6.67. The molecule has 0 spiro atoms. The van der Waals surface area contributed by atoms with Crippen LogP contribution < -0.4 is 5.32 Å². The molecule has 1 N–H and O–H groups in total. The Kier molecular flexibility index (Phi) is 4.19. The molecule has 0 atom stereocenters. The number of rotatable bonds is 4. The summed E-state index contributed by atoms with van der Waals surface area (Å²) in [5.74, 6) is 0.925. The fourth-order valence-electron chi connectivity index (χ4n) is 2.29. The van der Waals surface area contributed by atoms with Crippen LogP contribution in [0.25, 0.3) is 11.5 Å². The highest BCUT2D eigenvalue weighted by Crippen LogP contribution is 2.17. The molecule has 0 aliphatic rings. The van der Waals surface area contributed by atoms with Crippen molar-refractivity contribution in [2.75, 3.05) is 0 Å². The van der Waals surface area contributed by atoms with Gasteiger partial charge in [-0.2, -0.15) is 4.98 Å². The smallest absolute Gasteiger partial charge is 0.257 e. The number of carbonyl (C=O) groups excluding carboxylic acids is 1. The van der Waals surface area contributed by atoms with Gasteiger partial charge < -0.3 is 9.84 Å². The molecule has 0 aliphatic heterocycles. The Morgan fingerprint density at radius 3 is 2.57 bits per heavy atom. The van der Waals surface area contributed by atoms with Gasteiger partial charge in [0, 0.05) is 17.7 Å². The van der Waals surface area contributed by atoms with Crippen molar-refractivity contribution in [3.05, 3.63) is 71.0 Å². The first-order chi connectivity index (χ1) is 11.1. The van der Waals surface area contributed by atoms with Crippen LogP contribution in [0.5, 0.6) is 0 Å². The van der Waals surface area contributed by atoms with Gasteiger partial charge in [0.2, 0.25) is 0 Å². The molecular weight excluding hydrogens is 290 g/mol. The molecule has 0 saturated carbocycles. The number of benzene rings is 2. The zero-order valence-electron chi connectivity index (χ0n) is 13.0. The van der Waals surface area contributed by atoms with E-state index >= 15 is 0 Å². The second kappa shape index (κ2) is 6.44. The van der Waals surface area contributed by atoms with Crippen LogP contribution >= 0.6 is 0 Å². The molecule has 5 nitrogen and oxygen atoms in total. The molecule has 1 heterocycles. The SMILES string of the molecule is Cc1cccc(CNC(=O)c2ccc(-c3nc(C)no3)cc2)c1. The number of hydrogen-bond donors (Lipinski definition) is 1. The van der Waals surface area contributed by atoms with E-state index in [9.17, 15) is 4.79 Å². The molecule has 0 aliphatic carbocycles. The largest absolute Gasteiger partial charge is 0.348 e. The number of aryl methyl sites for hydroxylation is 2. The maximum atomic E-state index is 12.2. The predicted octanol–water partition coefficient (Wildman–Crippen LogP) is 3.28. The molecule has 0 fully saturated rings. The molecule has 0 bridgehead atoms. The third-order valence-electron chi connectivity index (χ3n) is 3.46. The van der Waals surface area contributed by atoms with E-state index in [4.69, 9.17) is 4.52 Å². The summed E-state index contributed by atoms with van der Waals surface area (Å²) in [7, 11) is 0. The van der Waals surface area contributed by atoms with Gasteiger partial charge in [0.25, 0.3) is 11.8 Å². The van der Waals surface area contributed by atoms with Gasteiger partial charge in [0.05, 0.1) is 0 Å². The highest BCUT2D eigenvalue weighted by molar-refractivity contribution is 5.94. The summed E-state index contributed by atoms with van der Waals surface area (Å²) in [6.45, 7) is 4.30. The third-order valence-corrected chi connectivity index (χ3v) is 3.46. The van der Waals surface area contributed by atoms with Gasteiger partial charge in [-0.1, -0.05) is 35.0 Å². The first-order valence-electron chi connectivity index (χ1n) is 7.36. The van der Waals surface area contributed by atoms with E-state index < -0.39 is 0 Å². The van der Waals surface area contributed by atoms with Crippen LogP contribution in [0, 0.1) is 13.8 Å². The maximum absolute atomic E-state index is 12.2. The normalized spacial score (nSPS) is 10.5. The molecule has 0 saturated heterocycles. The second-order valence-electron chi connectivity index (χ2n) is 5.40. The lowest BCUT2D eigenvalue weighted by Crippen LogP contribution is -2.22. The summed E-state index contributed by atoms with van der Waals surface area (Å²) in [6.07, 6.45) is 0. The molecule has 1 amide bonds. The van der Waals surface area contributed by atoms with E-state index in [0.717, 1.165) is 11.1 Å². The number of carbonyl (C=O) groups is 1. The number of aromatic nitrogens is 2. The van der Waals surface area contributed by atoms with Crippen molar-refractivity contribution in [3.63, 3.8) is 0 Å². The van der Waals surface area contributed by atoms with Crippen molar-refractivity contribution < 1.29 is 9.32 Å². The average molecular weight is 307 g/mol. The zero-order chi connectivity index (χ0) is 16.2. The number of hydrogen-bond acceptors (Lipinski definition) is 4. The minimum Gasteiger partial charge on any atom is -0.348 e. The van der Waals surface area contributed by atoms with Gasteiger partial charge in [0.15, 0.2) is 5.82 Å². The van der Waals surface area contributed by atoms with E-state index in [-0.39, 0.29) is 5.91 Å². The molecule has 0 radical (unpaired) electrons. The summed E-state index contributed by atoms with van der Waals surface area (Å²) < 4.78 is 5.11. The molecule has 3 rings (SSSR count). The van der Waals surface area contributed by atoms with Crippen molar-refractivity contribution in [1.82, 2.24) is 15.5 Å². The van der Waals surface area contributed by atoms with E-state index in [1.165, 1.54) is 5.56 Å². The molecular formula is C18H17N3O2. The first kappa shape index (κ1) is 15.0. The number of amides is 1. The predicted molar refractivity (Wildman–Crippen MR) is 86.8 cm³/mol. The Bertz CT molecular complexity index is 822. The van der Waals surface area contributed by atoms with Crippen molar-refractivity contribution >= 4 is 5.91 Å². The lowest BCUT2D eigenvalue weighted by molar-refractivity contribution is 0.0951. The Labute approximate surface area is 134 Å². The van der Waals surface area contributed by atoms with Crippen LogP contribution in [-0.4, -0.2) is 16.0 Å². The van der Waals surface area contributed by atoms with Gasteiger partial charge in [-0.3, -0.25) is 4.79 Å². The molecule has 2 aromatic carbocycles. The Balaban J connectivity index is 1.66. The molecule has 1 aromatic heterocycles. The fraction of sp³-hybridized carbons (Fsp3) is 0.167. The summed E-state index contributed by atoms with van der Waals surface area (Å²) in [6, 6.07) is 15.2. The van der Waals surface area contributed by atoms with Crippen LogP contribution in [0.2, 0.25) is 0 Å². The van der Waals surface area contributed by atoms with Crippen LogP contribution in [-0.2, 0) is 6.54 Å². The van der Waals surface area contributed by atoms with Gasteiger partial charge in [-0.05, 0) is 43.7 Å². The van der Waals surface area contributed by atoms with Gasteiger partial charge in [-0.15, -0.1) is 0 Å². The van der Waals surface area contributed by atoms with E-state index in [1.807, 2.05) is 25.1 Å². The van der Waals surface area contributed by atoms with Crippen molar-refractivity contribution in [1.29, 1.82) is 0 Å². The zero-order valence-corrected chi connectivity index (χ0v) is 13.0. The van der Waals surface area contributed by atoms with Crippen molar-refractivity contribution in [3.8, 4) is 11.5 Å². The van der Waals surface area contributed by atoms with Gasteiger partial charge >= 0.3 is 0 Å². The Morgan fingerprint density at radius 2 is 1.91 bits per heavy atom. The van der Waals surface area contributed by atoms with Gasteiger partial charge in [-0.25, -0.2) is 0 Å². The summed E-state index contributed by atoms with van der Waals surface area (Å²) >= 11 is 0. The quantitative estimate of drug-likeness (QED) is 0.803. The highest BCUT2D eigenvalue weighted by atomic mass is 16.5. The molecule has 116 valence electrons. The summed E-state index contributed by atoms with van der Waals surface area (Å²) in [5.41, 5.74) is 3.64. The number of nitrogens with zero attached hydrogens (tertiary/aromatic N) is 2. The van der Waals surface area contributed by atoms with Crippen LogP contribution in [0.15, 0.2) is 53.1 Å². The van der Waals surface area contributed by atoms with Crippen LogP contribution in [0.3, 0.4) is 0 Å². The second-order valence-corrected chi connectivity index (χ2v) is 5.40. The first-order valence-corrected chi connectivity index (χ1v) is 7.36. The Hall–Kier alpha value is -2.95. The topological polar surface area (TPSA) is 68.0 Å². The van der Waals surface area contributed by atoms with Crippen molar-refractivity contribution in [2.24, 2.45) is 0 Å². The monoisotopic (exact) mass is 307 g/mol. The van der Waals surface area contributed by atoms with Crippen LogP contribution in [0.1, 0.15) is 27.3 Å². The van der Waals surface area contributed by atoms with E-state index in [0.29, 0.717) is 23.8 Å². The molecule has 5 heteroatoms. The average Bonchev–Trinajstić information content (AvgIpc) is 2.99. The van der Waals surface area contributed by atoms with E-state index in [1.54, 1.807) is 31.2 Å². The molecule has 0 unspecified atom stereocenters. The molecule has 23 heavy (non-hydrogen) atoms. The minimum absolute atomic E-state index is 0.111. The maximum Gasteiger partial charge on any atom is 0.257 e. The minimum atomic E-state index is -0.111. The lowest BCUT2D eigenvalue weighted by atomic mass is 10.1. The lowest BCUT2D eigenvalue weighted by Gasteiger charge is -2.06. The fourth-order valence-corrected chi connectivity index (χ4v) is 2.29. The van der Waals surface area contributed by atoms with Crippen molar-refractivity contribution in [2.45, 2.75) is 20.4 Å². The van der Waals surface area contributed by atoms with E-state index in [2.05, 4.69) is 21.5 Å². The highest BCUT2D eigenvalue weighted by Gasteiger charge is 2.09. The number of nitrogens with one attached hydrogen (secondary N) is 1. The summed E-state index contributed by atoms with van der Waals surface area (Å²) in [4.78, 5) is 16.4. The molecule has 3 aromatic rings.